The van der Waals surface area contributed by atoms with E-state index < -0.39 is 0 Å². The van der Waals surface area contributed by atoms with Gasteiger partial charge in [-0.3, -0.25) is 14.5 Å². The van der Waals surface area contributed by atoms with Crippen molar-refractivity contribution in [2.24, 2.45) is 0 Å². The Balaban J connectivity index is 1.49. The molecule has 1 aromatic carbocycles. The van der Waals surface area contributed by atoms with Crippen LogP contribution >= 0.6 is 11.8 Å². The molecule has 0 atom stereocenters. The average molecular weight is 461 g/mol. The van der Waals surface area contributed by atoms with Gasteiger partial charge in [-0.05, 0) is 36.2 Å². The summed E-state index contributed by atoms with van der Waals surface area (Å²) in [5.41, 5.74) is 1.54. The zero-order chi connectivity index (χ0) is 22.8. The lowest BCUT2D eigenvalue weighted by molar-refractivity contribution is -0.122. The zero-order valence-corrected chi connectivity index (χ0v) is 19.1. The Bertz CT molecular complexity index is 889. The van der Waals surface area contributed by atoms with Crippen LogP contribution in [-0.2, 0) is 15.3 Å². The third kappa shape index (κ3) is 7.29. The van der Waals surface area contributed by atoms with Crippen molar-refractivity contribution in [3.05, 3.63) is 59.5 Å². The first-order valence-electron chi connectivity index (χ1n) is 10.7. The minimum atomic E-state index is -0.268. The van der Waals surface area contributed by atoms with E-state index in [0.29, 0.717) is 62.2 Å². The molecule has 1 N–H and O–H groups in total. The van der Waals surface area contributed by atoms with E-state index in [1.807, 2.05) is 4.90 Å². The normalized spacial score (nSPS) is 14.4. The van der Waals surface area contributed by atoms with Crippen molar-refractivity contribution in [2.45, 2.75) is 17.2 Å². The van der Waals surface area contributed by atoms with Crippen molar-refractivity contribution in [1.29, 1.82) is 0 Å². The number of amides is 2. The predicted molar refractivity (Wildman–Crippen MR) is 122 cm³/mol. The summed E-state index contributed by atoms with van der Waals surface area (Å²) in [6, 6.07) is 9.89. The van der Waals surface area contributed by atoms with Crippen LogP contribution in [0.2, 0.25) is 0 Å². The number of benzene rings is 1. The Morgan fingerprint density at radius 3 is 2.62 bits per heavy atom. The summed E-state index contributed by atoms with van der Waals surface area (Å²) in [7, 11) is 1.64. The van der Waals surface area contributed by atoms with Gasteiger partial charge in [-0.1, -0.05) is 12.1 Å². The first kappa shape index (κ1) is 24.2. The van der Waals surface area contributed by atoms with Crippen LogP contribution in [0.25, 0.3) is 0 Å². The number of pyridine rings is 1. The first-order valence-corrected chi connectivity index (χ1v) is 11.6. The van der Waals surface area contributed by atoms with E-state index in [-0.39, 0.29) is 17.6 Å². The Morgan fingerprint density at radius 1 is 1.16 bits per heavy atom. The number of carbonyl (C=O) groups is 2. The molecule has 0 saturated carbocycles. The summed E-state index contributed by atoms with van der Waals surface area (Å²) in [6.07, 6.45) is 2.46. The van der Waals surface area contributed by atoms with E-state index in [1.165, 1.54) is 23.9 Å². The smallest absolute Gasteiger partial charge is 0.256 e. The molecule has 0 aliphatic carbocycles. The SMILES string of the molecule is COCCCNC(=O)CN1CCN(C(=O)c2cccnc2SCc2ccc(F)cc2)CC1. The van der Waals surface area contributed by atoms with Crippen molar-refractivity contribution in [3.8, 4) is 0 Å². The van der Waals surface area contributed by atoms with Gasteiger partial charge in [0.2, 0.25) is 5.91 Å². The molecule has 0 bridgehead atoms. The lowest BCUT2D eigenvalue weighted by Gasteiger charge is -2.34. The van der Waals surface area contributed by atoms with Gasteiger partial charge in [0.25, 0.3) is 5.91 Å². The number of halogens is 1. The highest BCUT2D eigenvalue weighted by Crippen LogP contribution is 2.25. The molecule has 1 fully saturated rings. The Labute approximate surface area is 192 Å². The predicted octanol–water partition coefficient (Wildman–Crippen LogP) is 2.42. The number of thioether (sulfide) groups is 1. The van der Waals surface area contributed by atoms with Crippen LogP contribution in [0.1, 0.15) is 22.3 Å². The van der Waals surface area contributed by atoms with E-state index >= 15 is 0 Å². The largest absolute Gasteiger partial charge is 0.385 e. The zero-order valence-electron chi connectivity index (χ0n) is 18.3. The van der Waals surface area contributed by atoms with Crippen molar-refractivity contribution in [2.75, 3.05) is 53.0 Å². The fourth-order valence-corrected chi connectivity index (χ4v) is 4.33. The molecule has 172 valence electrons. The maximum absolute atomic E-state index is 13.1. The third-order valence-electron chi connectivity index (χ3n) is 5.16. The number of ether oxygens (including phenoxy) is 1. The molecule has 2 heterocycles. The molecule has 7 nitrogen and oxygen atoms in total. The van der Waals surface area contributed by atoms with Gasteiger partial charge >= 0.3 is 0 Å². The van der Waals surface area contributed by atoms with Crippen molar-refractivity contribution in [1.82, 2.24) is 20.1 Å². The highest BCUT2D eigenvalue weighted by molar-refractivity contribution is 7.98. The number of piperazine rings is 1. The van der Waals surface area contributed by atoms with Crippen LogP contribution in [0.3, 0.4) is 0 Å². The number of hydrogen-bond acceptors (Lipinski definition) is 6. The summed E-state index contributed by atoms with van der Waals surface area (Å²) < 4.78 is 18.1. The molecule has 1 saturated heterocycles. The lowest BCUT2D eigenvalue weighted by Crippen LogP contribution is -2.51. The Morgan fingerprint density at radius 2 is 1.91 bits per heavy atom. The van der Waals surface area contributed by atoms with Crippen molar-refractivity contribution < 1.29 is 18.7 Å². The van der Waals surface area contributed by atoms with Gasteiger partial charge in [-0.25, -0.2) is 9.37 Å². The maximum atomic E-state index is 13.1. The summed E-state index contributed by atoms with van der Waals surface area (Å²) in [5, 5.41) is 3.56. The molecular formula is C23H29FN4O3S. The molecule has 9 heteroatoms. The molecule has 0 unspecified atom stereocenters. The van der Waals surface area contributed by atoms with E-state index in [9.17, 15) is 14.0 Å². The van der Waals surface area contributed by atoms with Gasteiger partial charge in [0.1, 0.15) is 10.8 Å². The Hall–Kier alpha value is -2.49. The molecule has 2 amide bonds. The molecular weight excluding hydrogens is 431 g/mol. The van der Waals surface area contributed by atoms with Crippen LogP contribution in [0.5, 0.6) is 0 Å². The summed E-state index contributed by atoms with van der Waals surface area (Å²) in [6.45, 7) is 3.98. The molecule has 2 aromatic rings. The van der Waals surface area contributed by atoms with E-state index in [0.717, 1.165) is 12.0 Å². The minimum Gasteiger partial charge on any atom is -0.385 e. The fraction of sp³-hybridized carbons (Fsp3) is 0.435. The fourth-order valence-electron chi connectivity index (χ4n) is 3.38. The monoisotopic (exact) mass is 460 g/mol. The molecule has 0 spiro atoms. The van der Waals surface area contributed by atoms with Crippen LogP contribution in [0.15, 0.2) is 47.6 Å². The Kier molecular flexibility index (Phi) is 9.45. The molecule has 0 radical (unpaired) electrons. The van der Waals surface area contributed by atoms with Gasteiger partial charge < -0.3 is 15.0 Å². The van der Waals surface area contributed by atoms with Crippen LogP contribution in [0, 0.1) is 5.82 Å². The number of methoxy groups -OCH3 is 1. The first-order chi connectivity index (χ1) is 15.6. The van der Waals surface area contributed by atoms with Crippen molar-refractivity contribution in [3.63, 3.8) is 0 Å². The van der Waals surface area contributed by atoms with E-state index in [2.05, 4.69) is 15.2 Å². The molecule has 1 aliphatic rings. The van der Waals surface area contributed by atoms with Gasteiger partial charge in [-0.15, -0.1) is 11.8 Å². The highest BCUT2D eigenvalue weighted by Gasteiger charge is 2.25. The summed E-state index contributed by atoms with van der Waals surface area (Å²) >= 11 is 1.46. The highest BCUT2D eigenvalue weighted by atomic mass is 32.2. The quantitative estimate of drug-likeness (QED) is 0.434. The second-order valence-electron chi connectivity index (χ2n) is 7.54. The van der Waals surface area contributed by atoms with E-state index in [4.69, 9.17) is 4.74 Å². The van der Waals surface area contributed by atoms with Crippen LogP contribution < -0.4 is 5.32 Å². The number of nitrogens with zero attached hydrogens (tertiary/aromatic N) is 3. The summed E-state index contributed by atoms with van der Waals surface area (Å²) in [5.74, 6) is 0.274. The second kappa shape index (κ2) is 12.5. The standard InChI is InChI=1S/C23H29FN4O3S/c1-31-15-3-10-25-21(29)16-27-11-13-28(14-12-27)23(30)20-4-2-9-26-22(20)32-17-18-5-7-19(24)8-6-18/h2,4-9H,3,10-17H2,1H3,(H,25,29). The molecule has 1 aromatic heterocycles. The minimum absolute atomic E-state index is 0.00683. The number of rotatable bonds is 10. The van der Waals surface area contributed by atoms with Crippen molar-refractivity contribution >= 4 is 23.6 Å². The molecule has 3 rings (SSSR count). The molecule has 32 heavy (non-hydrogen) atoms. The van der Waals surface area contributed by atoms with Crippen LogP contribution in [-0.4, -0.2) is 79.6 Å². The molecule has 1 aliphatic heterocycles. The van der Waals surface area contributed by atoms with Gasteiger partial charge in [0.15, 0.2) is 0 Å². The number of nitrogens with one attached hydrogen (secondary N) is 1. The van der Waals surface area contributed by atoms with E-state index in [1.54, 1.807) is 37.6 Å². The maximum Gasteiger partial charge on any atom is 0.256 e. The number of carbonyl (C=O) groups excluding carboxylic acids is 2. The number of aromatic nitrogens is 1. The van der Waals surface area contributed by atoms with Gasteiger partial charge in [0.05, 0.1) is 12.1 Å². The second-order valence-corrected chi connectivity index (χ2v) is 8.50. The third-order valence-corrected chi connectivity index (χ3v) is 6.24. The van der Waals surface area contributed by atoms with Gasteiger partial charge in [-0.2, -0.15) is 0 Å². The average Bonchev–Trinajstić information content (AvgIpc) is 2.82. The van der Waals surface area contributed by atoms with Gasteiger partial charge in [0, 0.05) is 58.4 Å². The topological polar surface area (TPSA) is 74.8 Å². The summed E-state index contributed by atoms with van der Waals surface area (Å²) in [4.78, 5) is 33.4. The number of hydrogen-bond donors (Lipinski definition) is 1. The van der Waals surface area contributed by atoms with Crippen LogP contribution in [0.4, 0.5) is 4.39 Å². The lowest BCUT2D eigenvalue weighted by atomic mass is 10.2.